The molecular formula is C31H30BrN5O8. The van der Waals surface area contributed by atoms with Gasteiger partial charge in [0.15, 0.2) is 12.4 Å². The van der Waals surface area contributed by atoms with Crippen molar-refractivity contribution in [1.82, 2.24) is 14.9 Å². The summed E-state index contributed by atoms with van der Waals surface area (Å²) in [5.74, 6) is -0.0777. The molecular weight excluding hydrogens is 650 g/mol. The van der Waals surface area contributed by atoms with Crippen molar-refractivity contribution < 1.29 is 33.1 Å². The van der Waals surface area contributed by atoms with Gasteiger partial charge in [0.25, 0.3) is 5.91 Å². The Morgan fingerprint density at radius 2 is 1.76 bits per heavy atom. The summed E-state index contributed by atoms with van der Waals surface area (Å²) in [4.78, 5) is 37.9. The molecule has 2 amide bonds. The summed E-state index contributed by atoms with van der Waals surface area (Å²) in [6.45, 7) is 5.42. The maximum Gasteiger partial charge on any atom is 0.312 e. The van der Waals surface area contributed by atoms with Crippen LogP contribution in [-0.4, -0.2) is 65.3 Å². The lowest BCUT2D eigenvalue weighted by atomic mass is 10.2. The number of hydrogen-bond donors (Lipinski definition) is 1. The molecule has 1 N–H and O–H groups in total. The van der Waals surface area contributed by atoms with Crippen molar-refractivity contribution in [2.75, 3.05) is 32.9 Å². The minimum absolute atomic E-state index is 0.00698. The van der Waals surface area contributed by atoms with Crippen LogP contribution in [0.1, 0.15) is 33.3 Å². The molecule has 234 valence electrons. The highest BCUT2D eigenvalue weighted by atomic mass is 79.9. The van der Waals surface area contributed by atoms with E-state index in [1.165, 1.54) is 24.4 Å². The fourth-order valence-electron chi connectivity index (χ4n) is 4.74. The van der Waals surface area contributed by atoms with Crippen molar-refractivity contribution in [3.63, 3.8) is 0 Å². The normalized spacial score (nSPS) is 13.2. The molecule has 14 heteroatoms. The van der Waals surface area contributed by atoms with Crippen molar-refractivity contribution in [3.05, 3.63) is 104 Å². The van der Waals surface area contributed by atoms with E-state index in [9.17, 15) is 19.7 Å². The molecule has 1 aliphatic heterocycles. The zero-order valence-corrected chi connectivity index (χ0v) is 26.1. The lowest BCUT2D eigenvalue weighted by Crippen LogP contribution is -2.43. The van der Waals surface area contributed by atoms with E-state index in [0.717, 1.165) is 17.1 Å². The Kier molecular flexibility index (Phi) is 9.95. The fraction of sp³-hybridized carbons (Fsp3) is 0.258. The molecule has 1 aliphatic rings. The number of aryl methyl sites for hydroxylation is 2. The second-order valence-electron chi connectivity index (χ2n) is 10.1. The first-order valence-electron chi connectivity index (χ1n) is 14.0. The molecule has 2 aromatic heterocycles. The molecule has 45 heavy (non-hydrogen) atoms. The quantitative estimate of drug-likeness (QED) is 0.133. The number of carbonyl (C=O) groups excluding carboxylic acids is 2. The summed E-state index contributed by atoms with van der Waals surface area (Å²) < 4.78 is 24.8. The van der Waals surface area contributed by atoms with Gasteiger partial charge in [-0.05, 0) is 68.4 Å². The van der Waals surface area contributed by atoms with E-state index in [4.69, 9.17) is 18.6 Å². The van der Waals surface area contributed by atoms with Crippen molar-refractivity contribution in [2.45, 2.75) is 20.5 Å². The lowest BCUT2D eigenvalue weighted by molar-refractivity contribution is -0.385. The molecule has 0 atom stereocenters. The summed E-state index contributed by atoms with van der Waals surface area (Å²) in [6, 6.07) is 17.7. The zero-order chi connectivity index (χ0) is 31.9. The van der Waals surface area contributed by atoms with Gasteiger partial charge in [-0.1, -0.05) is 15.9 Å². The number of ether oxygens (including phenoxy) is 3. The van der Waals surface area contributed by atoms with E-state index in [2.05, 4.69) is 43.2 Å². The highest BCUT2D eigenvalue weighted by Crippen LogP contribution is 2.34. The van der Waals surface area contributed by atoms with Gasteiger partial charge in [0.2, 0.25) is 5.75 Å². The topological polar surface area (TPSA) is 151 Å². The summed E-state index contributed by atoms with van der Waals surface area (Å²) in [7, 11) is 0. The van der Waals surface area contributed by atoms with Gasteiger partial charge in [-0.3, -0.25) is 19.7 Å². The number of aromatic nitrogens is 1. The Morgan fingerprint density at radius 3 is 2.44 bits per heavy atom. The summed E-state index contributed by atoms with van der Waals surface area (Å²) in [5, 5.41) is 15.7. The smallest absolute Gasteiger partial charge is 0.312 e. The van der Waals surface area contributed by atoms with Gasteiger partial charge in [0.1, 0.15) is 18.1 Å². The molecule has 13 nitrogen and oxygen atoms in total. The summed E-state index contributed by atoms with van der Waals surface area (Å²) >= 11 is 3.24. The van der Waals surface area contributed by atoms with E-state index < -0.39 is 17.4 Å². The van der Waals surface area contributed by atoms with Crippen LogP contribution in [0.15, 0.2) is 74.7 Å². The van der Waals surface area contributed by atoms with E-state index in [1.54, 1.807) is 11.0 Å². The molecule has 0 bridgehead atoms. The number of benzene rings is 2. The molecule has 3 heterocycles. The molecule has 0 saturated carbocycles. The van der Waals surface area contributed by atoms with Gasteiger partial charge in [-0.2, -0.15) is 5.10 Å². The van der Waals surface area contributed by atoms with Crippen molar-refractivity contribution >= 4 is 39.6 Å². The fourth-order valence-corrected chi connectivity index (χ4v) is 5.20. The third-order valence-corrected chi connectivity index (χ3v) is 7.42. The van der Waals surface area contributed by atoms with Gasteiger partial charge < -0.3 is 28.1 Å². The van der Waals surface area contributed by atoms with E-state index >= 15 is 0 Å². The predicted octanol–water partition coefficient (Wildman–Crippen LogP) is 4.94. The molecule has 0 spiro atoms. The Bertz CT molecular complexity index is 1700. The first-order valence-corrected chi connectivity index (χ1v) is 14.8. The third-order valence-electron chi connectivity index (χ3n) is 6.97. The number of amides is 2. The average Bonchev–Trinajstić information content (AvgIpc) is 3.65. The number of nitrogens with one attached hydrogen (secondary N) is 1. The maximum absolute atomic E-state index is 12.7. The van der Waals surface area contributed by atoms with E-state index in [-0.39, 0.29) is 35.3 Å². The van der Waals surface area contributed by atoms with Crippen LogP contribution >= 0.6 is 15.9 Å². The second kappa shape index (κ2) is 14.2. The largest absolute Gasteiger partial charge is 0.486 e. The highest BCUT2D eigenvalue weighted by molar-refractivity contribution is 9.10. The van der Waals surface area contributed by atoms with Crippen LogP contribution in [-0.2, 0) is 16.1 Å². The highest BCUT2D eigenvalue weighted by Gasteiger charge is 2.24. The van der Waals surface area contributed by atoms with Crippen molar-refractivity contribution in [2.24, 2.45) is 5.10 Å². The number of nitrogens with zero attached hydrogens (tertiary/aromatic N) is 4. The zero-order valence-electron chi connectivity index (χ0n) is 24.5. The van der Waals surface area contributed by atoms with Gasteiger partial charge in [0, 0.05) is 46.3 Å². The third kappa shape index (κ3) is 7.77. The number of halogens is 1. The number of nitro benzene ring substituents is 1. The summed E-state index contributed by atoms with van der Waals surface area (Å²) in [6.07, 6.45) is 1.19. The Morgan fingerprint density at radius 1 is 1.04 bits per heavy atom. The molecule has 0 unspecified atom stereocenters. The maximum atomic E-state index is 12.7. The van der Waals surface area contributed by atoms with E-state index in [1.807, 2.05) is 38.1 Å². The van der Waals surface area contributed by atoms with Crippen LogP contribution in [0.25, 0.3) is 5.69 Å². The Balaban J connectivity index is 1.19. The molecule has 2 aromatic carbocycles. The molecule has 1 fully saturated rings. The second-order valence-corrected chi connectivity index (χ2v) is 11.0. The van der Waals surface area contributed by atoms with Crippen LogP contribution in [0.5, 0.6) is 11.5 Å². The minimum Gasteiger partial charge on any atom is -0.486 e. The minimum atomic E-state index is -0.645. The number of furan rings is 1. The lowest BCUT2D eigenvalue weighted by Gasteiger charge is -2.26. The van der Waals surface area contributed by atoms with Crippen LogP contribution in [0, 0.1) is 24.0 Å². The van der Waals surface area contributed by atoms with E-state index in [0.29, 0.717) is 42.3 Å². The van der Waals surface area contributed by atoms with Gasteiger partial charge in [0.05, 0.1) is 24.4 Å². The first-order chi connectivity index (χ1) is 21.7. The van der Waals surface area contributed by atoms with Gasteiger partial charge in [-0.15, -0.1) is 0 Å². The van der Waals surface area contributed by atoms with Crippen LogP contribution in [0.2, 0.25) is 0 Å². The molecule has 5 rings (SSSR count). The van der Waals surface area contributed by atoms with Crippen LogP contribution < -0.4 is 14.9 Å². The number of hydrogen-bond acceptors (Lipinski definition) is 9. The Labute approximate surface area is 266 Å². The number of nitro groups is 1. The number of hydrazone groups is 1. The standard InChI is InChI=1S/C31H30BrN5O8/c1-20-3-4-21(2)36(20)24-5-7-25(8-6-24)43-18-26-9-10-28(45-26)31(39)34-33-17-22-15-23(32)16-27(37(40)41)30(22)44-19-29(38)35-11-13-42-14-12-35/h3-10,15-17H,11-14,18-19H2,1-2H3,(H,34,39)/b33-17+. The first kappa shape index (κ1) is 31.5. The number of carbonyl (C=O) groups is 2. The SMILES string of the molecule is Cc1ccc(C)n1-c1ccc(OCc2ccc(C(=O)N/N=C/c3cc(Br)cc([N+](=O)[O-])c3OCC(=O)N3CCOCC3)o2)cc1. The Hall–Kier alpha value is -4.95. The van der Waals surface area contributed by atoms with Crippen molar-refractivity contribution in [3.8, 4) is 17.2 Å². The molecule has 4 aromatic rings. The summed E-state index contributed by atoms with van der Waals surface area (Å²) in [5.41, 5.74) is 5.44. The van der Waals surface area contributed by atoms with Crippen LogP contribution in [0.3, 0.4) is 0 Å². The molecule has 0 radical (unpaired) electrons. The van der Waals surface area contributed by atoms with Crippen molar-refractivity contribution in [1.29, 1.82) is 0 Å². The number of morpholine rings is 1. The molecule has 0 aliphatic carbocycles. The predicted molar refractivity (Wildman–Crippen MR) is 167 cm³/mol. The monoisotopic (exact) mass is 679 g/mol. The van der Waals surface area contributed by atoms with Crippen LogP contribution in [0.4, 0.5) is 5.69 Å². The number of rotatable bonds is 11. The van der Waals surface area contributed by atoms with Gasteiger partial charge in [-0.25, -0.2) is 5.43 Å². The van der Waals surface area contributed by atoms with Gasteiger partial charge >= 0.3 is 11.6 Å². The average molecular weight is 681 g/mol. The molecule has 1 saturated heterocycles.